The number of nitrogens with zero attached hydrogens (tertiary/aromatic N) is 1. The van der Waals surface area contributed by atoms with Crippen LogP contribution in [0.1, 0.15) is 12.1 Å². The Hall–Kier alpha value is -2.97. The fourth-order valence-corrected chi connectivity index (χ4v) is 3.90. The van der Waals surface area contributed by atoms with Gasteiger partial charge in [0.15, 0.2) is 0 Å². The third-order valence-electron chi connectivity index (χ3n) is 3.96. The summed E-state index contributed by atoms with van der Waals surface area (Å²) in [6.07, 6.45) is 2.20. The Labute approximate surface area is 172 Å². The first kappa shape index (κ1) is 20.8. The second-order valence-corrected chi connectivity index (χ2v) is 8.18. The molecule has 0 aliphatic heterocycles. The molecule has 0 atom stereocenters. The predicted octanol–water partition coefficient (Wildman–Crippen LogP) is 4.25. The van der Waals surface area contributed by atoms with Crippen molar-refractivity contribution in [2.75, 3.05) is 10.0 Å². The van der Waals surface area contributed by atoms with Crippen LogP contribution in [0, 0.1) is 5.82 Å². The van der Waals surface area contributed by atoms with Gasteiger partial charge in [-0.3, -0.25) is 14.5 Å². The maximum absolute atomic E-state index is 13.9. The number of hydrogen-bond acceptors (Lipinski definition) is 4. The van der Waals surface area contributed by atoms with Gasteiger partial charge >= 0.3 is 0 Å². The third-order valence-corrected chi connectivity index (χ3v) is 5.59. The highest BCUT2D eigenvalue weighted by molar-refractivity contribution is 7.92. The summed E-state index contributed by atoms with van der Waals surface area (Å²) in [6, 6.07) is 14.7. The second-order valence-electron chi connectivity index (χ2n) is 6.10. The summed E-state index contributed by atoms with van der Waals surface area (Å²) in [5, 5.41) is 2.94. The zero-order chi connectivity index (χ0) is 20.9. The van der Waals surface area contributed by atoms with E-state index in [2.05, 4.69) is 15.0 Å². The first-order valence-electron chi connectivity index (χ1n) is 8.62. The van der Waals surface area contributed by atoms with Gasteiger partial charge in [0.05, 0.1) is 11.4 Å². The standard InChI is InChI=1S/C20H17ClFN3O3S/c21-14-8-10-17(25-29(27,28)19-7-2-1-6-16(19)22)18(13-14)24-20(26)11-9-15-5-3-4-12-23-15/h1-8,10,12-13,25H,9,11H2,(H,24,26). The maximum Gasteiger partial charge on any atom is 0.264 e. The Morgan fingerprint density at radius 2 is 1.79 bits per heavy atom. The van der Waals surface area contributed by atoms with E-state index in [1.165, 1.54) is 30.3 Å². The molecule has 0 aliphatic rings. The van der Waals surface area contributed by atoms with Gasteiger partial charge in [-0.25, -0.2) is 12.8 Å². The van der Waals surface area contributed by atoms with Crippen LogP contribution in [0.2, 0.25) is 5.02 Å². The molecule has 0 aliphatic carbocycles. The van der Waals surface area contributed by atoms with Crippen LogP contribution in [0.15, 0.2) is 71.8 Å². The molecule has 1 heterocycles. The van der Waals surface area contributed by atoms with E-state index < -0.39 is 20.7 Å². The van der Waals surface area contributed by atoms with Crippen LogP contribution in [-0.4, -0.2) is 19.3 Å². The van der Waals surface area contributed by atoms with E-state index in [1.54, 1.807) is 18.3 Å². The summed E-state index contributed by atoms with van der Waals surface area (Å²) in [5.41, 5.74) is 1.00. The zero-order valence-electron chi connectivity index (χ0n) is 15.1. The average molecular weight is 434 g/mol. The van der Waals surface area contributed by atoms with E-state index in [-0.39, 0.29) is 23.7 Å². The van der Waals surface area contributed by atoms with Crippen molar-refractivity contribution in [3.05, 3.63) is 83.4 Å². The number of benzene rings is 2. The largest absolute Gasteiger partial charge is 0.324 e. The maximum atomic E-state index is 13.9. The SMILES string of the molecule is O=C(CCc1ccccn1)Nc1cc(Cl)ccc1NS(=O)(=O)c1ccccc1F. The Morgan fingerprint density at radius 3 is 2.52 bits per heavy atom. The number of aromatic nitrogens is 1. The minimum atomic E-state index is -4.20. The number of pyridine rings is 1. The van der Waals surface area contributed by atoms with E-state index in [9.17, 15) is 17.6 Å². The van der Waals surface area contributed by atoms with Crippen LogP contribution in [0.5, 0.6) is 0 Å². The van der Waals surface area contributed by atoms with Crippen molar-refractivity contribution < 1.29 is 17.6 Å². The van der Waals surface area contributed by atoms with Crippen LogP contribution >= 0.6 is 11.6 Å². The number of nitrogens with one attached hydrogen (secondary N) is 2. The smallest absolute Gasteiger partial charge is 0.264 e. The van der Waals surface area contributed by atoms with E-state index in [0.29, 0.717) is 11.4 Å². The minimum absolute atomic E-state index is 0.0730. The fraction of sp³-hybridized carbons (Fsp3) is 0.100. The second kappa shape index (κ2) is 9.02. The van der Waals surface area contributed by atoms with Crippen molar-refractivity contribution in [3.63, 3.8) is 0 Å². The van der Waals surface area contributed by atoms with Crippen molar-refractivity contribution >= 4 is 38.9 Å². The summed E-state index contributed by atoms with van der Waals surface area (Å²) >= 11 is 5.99. The summed E-state index contributed by atoms with van der Waals surface area (Å²) in [7, 11) is -4.20. The molecule has 29 heavy (non-hydrogen) atoms. The molecule has 2 aromatic carbocycles. The van der Waals surface area contributed by atoms with Gasteiger partial charge in [-0.15, -0.1) is 0 Å². The highest BCUT2D eigenvalue weighted by atomic mass is 35.5. The fourth-order valence-electron chi connectivity index (χ4n) is 2.57. The summed E-state index contributed by atoms with van der Waals surface area (Å²) in [4.78, 5) is 16.0. The quantitative estimate of drug-likeness (QED) is 0.583. The van der Waals surface area contributed by atoms with Gasteiger partial charge in [0.2, 0.25) is 5.91 Å². The molecular formula is C20H17ClFN3O3S. The van der Waals surface area contributed by atoms with Crippen molar-refractivity contribution in [2.24, 2.45) is 0 Å². The van der Waals surface area contributed by atoms with Gasteiger partial charge in [0.1, 0.15) is 10.7 Å². The van der Waals surface area contributed by atoms with Crippen molar-refractivity contribution in [1.82, 2.24) is 4.98 Å². The summed E-state index contributed by atoms with van der Waals surface area (Å²) < 4.78 is 41.3. The number of sulfonamides is 1. The molecular weight excluding hydrogens is 417 g/mol. The van der Waals surface area contributed by atoms with Gasteiger partial charge < -0.3 is 5.32 Å². The number of halogens is 2. The molecule has 3 rings (SSSR count). The van der Waals surface area contributed by atoms with E-state index >= 15 is 0 Å². The molecule has 1 amide bonds. The molecule has 0 spiro atoms. The zero-order valence-corrected chi connectivity index (χ0v) is 16.7. The Kier molecular flexibility index (Phi) is 6.46. The van der Waals surface area contributed by atoms with E-state index in [0.717, 1.165) is 17.8 Å². The molecule has 0 radical (unpaired) electrons. The Morgan fingerprint density at radius 1 is 1.03 bits per heavy atom. The number of aryl methyl sites for hydroxylation is 1. The predicted molar refractivity (Wildman–Crippen MR) is 110 cm³/mol. The lowest BCUT2D eigenvalue weighted by molar-refractivity contribution is -0.116. The lowest BCUT2D eigenvalue weighted by Crippen LogP contribution is -2.18. The van der Waals surface area contributed by atoms with Gasteiger partial charge in [-0.05, 0) is 48.9 Å². The van der Waals surface area contributed by atoms with E-state index in [4.69, 9.17) is 11.6 Å². The minimum Gasteiger partial charge on any atom is -0.324 e. The number of hydrogen-bond donors (Lipinski definition) is 2. The average Bonchev–Trinajstić information content (AvgIpc) is 2.69. The van der Waals surface area contributed by atoms with Crippen LogP contribution < -0.4 is 10.0 Å². The molecule has 150 valence electrons. The number of rotatable bonds is 7. The Bertz CT molecular complexity index is 1120. The first-order valence-corrected chi connectivity index (χ1v) is 10.5. The highest BCUT2D eigenvalue weighted by Crippen LogP contribution is 2.29. The van der Waals surface area contributed by atoms with Gasteiger partial charge in [-0.2, -0.15) is 0 Å². The van der Waals surface area contributed by atoms with Gasteiger partial charge in [0, 0.05) is 23.3 Å². The molecule has 0 fully saturated rings. The van der Waals surface area contributed by atoms with Crippen molar-refractivity contribution in [3.8, 4) is 0 Å². The van der Waals surface area contributed by atoms with Crippen LogP contribution in [0.4, 0.5) is 15.8 Å². The number of amides is 1. The lowest BCUT2D eigenvalue weighted by atomic mass is 10.2. The van der Waals surface area contributed by atoms with Gasteiger partial charge in [0.25, 0.3) is 10.0 Å². The molecule has 0 unspecified atom stereocenters. The normalized spacial score (nSPS) is 11.1. The molecule has 6 nitrogen and oxygen atoms in total. The molecule has 9 heteroatoms. The number of carbonyl (C=O) groups is 1. The number of carbonyl (C=O) groups excluding carboxylic acids is 1. The third kappa shape index (κ3) is 5.52. The molecule has 2 N–H and O–H groups in total. The Balaban J connectivity index is 1.77. The van der Waals surface area contributed by atoms with Crippen LogP contribution in [0.3, 0.4) is 0 Å². The molecule has 0 saturated heterocycles. The molecule has 0 bridgehead atoms. The molecule has 3 aromatic rings. The monoisotopic (exact) mass is 433 g/mol. The first-order chi connectivity index (χ1) is 13.8. The summed E-state index contributed by atoms with van der Waals surface area (Å²) in [6.45, 7) is 0. The number of anilines is 2. The van der Waals surface area contributed by atoms with Crippen molar-refractivity contribution in [2.45, 2.75) is 17.7 Å². The summed E-state index contributed by atoms with van der Waals surface area (Å²) in [5.74, 6) is -1.22. The molecule has 1 aromatic heterocycles. The van der Waals surface area contributed by atoms with E-state index in [1.807, 2.05) is 6.07 Å². The molecule has 0 saturated carbocycles. The highest BCUT2D eigenvalue weighted by Gasteiger charge is 2.20. The lowest BCUT2D eigenvalue weighted by Gasteiger charge is -2.14. The van der Waals surface area contributed by atoms with Crippen molar-refractivity contribution in [1.29, 1.82) is 0 Å². The van der Waals surface area contributed by atoms with Crippen LogP contribution in [-0.2, 0) is 21.2 Å². The van der Waals surface area contributed by atoms with Gasteiger partial charge in [-0.1, -0.05) is 29.8 Å². The topological polar surface area (TPSA) is 88.2 Å². The van der Waals surface area contributed by atoms with Crippen LogP contribution in [0.25, 0.3) is 0 Å².